The van der Waals surface area contributed by atoms with Gasteiger partial charge in [0, 0.05) is 18.2 Å². The maximum Gasteiger partial charge on any atom is 0.101 e. The second-order valence-electron chi connectivity index (χ2n) is 3.50. The number of nitriles is 1. The molecule has 0 aliphatic carbocycles. The summed E-state index contributed by atoms with van der Waals surface area (Å²) in [5.74, 6) is 0. The molecular formula is C12H15ClN2O2. The first-order chi connectivity index (χ1) is 8.17. The molecule has 92 valence electrons. The van der Waals surface area contributed by atoms with Gasteiger partial charge in [0.15, 0.2) is 0 Å². The molecule has 1 aromatic rings. The summed E-state index contributed by atoms with van der Waals surface area (Å²) in [4.78, 5) is 0. The van der Waals surface area contributed by atoms with E-state index in [2.05, 4.69) is 11.4 Å². The maximum atomic E-state index is 9.57. The number of hydrogen-bond acceptors (Lipinski definition) is 4. The number of ether oxygens (including phenoxy) is 1. The minimum atomic E-state index is -0.611. The Balaban J connectivity index is 2.56. The molecule has 1 atom stereocenters. The summed E-state index contributed by atoms with van der Waals surface area (Å²) in [5, 5.41) is 22.0. The van der Waals surface area contributed by atoms with Crippen molar-refractivity contribution in [2.24, 2.45) is 0 Å². The zero-order chi connectivity index (χ0) is 12.7. The van der Waals surface area contributed by atoms with E-state index in [0.29, 0.717) is 29.4 Å². The molecule has 0 saturated heterocycles. The van der Waals surface area contributed by atoms with E-state index in [1.165, 1.54) is 0 Å². The Labute approximate surface area is 106 Å². The molecule has 0 aliphatic heterocycles. The van der Waals surface area contributed by atoms with Crippen LogP contribution < -0.4 is 5.32 Å². The minimum Gasteiger partial charge on any atom is -0.389 e. The van der Waals surface area contributed by atoms with E-state index in [9.17, 15) is 5.11 Å². The molecule has 0 fully saturated rings. The SMILES string of the molecule is CCOCC(O)CNc1cc(Cl)ccc1C#N. The monoisotopic (exact) mass is 254 g/mol. The van der Waals surface area contributed by atoms with Gasteiger partial charge in [-0.3, -0.25) is 0 Å². The van der Waals surface area contributed by atoms with Gasteiger partial charge in [0.25, 0.3) is 0 Å². The standard InChI is InChI=1S/C12H15ClN2O2/c1-2-17-8-11(16)7-15-12-5-10(13)4-3-9(12)6-14/h3-5,11,15-16H,2,7-8H2,1H3. The first kappa shape index (κ1) is 13.8. The van der Waals surface area contributed by atoms with Crippen molar-refractivity contribution >= 4 is 17.3 Å². The third-order valence-corrected chi connectivity index (χ3v) is 2.38. The predicted octanol–water partition coefficient (Wildman–Crippen LogP) is 2.02. The quantitative estimate of drug-likeness (QED) is 0.815. The Bertz CT molecular complexity index is 404. The zero-order valence-corrected chi connectivity index (χ0v) is 10.4. The third kappa shape index (κ3) is 4.61. The maximum absolute atomic E-state index is 9.57. The second kappa shape index (κ2) is 7.13. The molecule has 0 aromatic heterocycles. The largest absolute Gasteiger partial charge is 0.389 e. The highest BCUT2D eigenvalue weighted by atomic mass is 35.5. The van der Waals surface area contributed by atoms with Gasteiger partial charge in [0.2, 0.25) is 0 Å². The molecule has 0 saturated carbocycles. The van der Waals surface area contributed by atoms with Crippen LogP contribution in [-0.4, -0.2) is 31.0 Å². The van der Waals surface area contributed by atoms with Gasteiger partial charge in [-0.25, -0.2) is 0 Å². The number of nitrogens with zero attached hydrogens (tertiary/aromatic N) is 1. The number of rotatable bonds is 6. The lowest BCUT2D eigenvalue weighted by Crippen LogP contribution is -2.25. The van der Waals surface area contributed by atoms with Gasteiger partial charge < -0.3 is 15.2 Å². The fourth-order valence-corrected chi connectivity index (χ4v) is 1.47. The van der Waals surface area contributed by atoms with E-state index < -0.39 is 6.10 Å². The molecule has 0 bridgehead atoms. The van der Waals surface area contributed by atoms with Crippen LogP contribution in [0.5, 0.6) is 0 Å². The van der Waals surface area contributed by atoms with E-state index in [0.717, 1.165) is 0 Å². The molecule has 1 aromatic carbocycles. The molecule has 1 unspecified atom stereocenters. The summed E-state index contributed by atoms with van der Waals surface area (Å²) in [6, 6.07) is 7.01. The lowest BCUT2D eigenvalue weighted by Gasteiger charge is -2.13. The number of benzene rings is 1. The first-order valence-corrected chi connectivity index (χ1v) is 5.74. The molecule has 5 heteroatoms. The van der Waals surface area contributed by atoms with E-state index in [-0.39, 0.29) is 6.61 Å². The molecule has 0 spiro atoms. The van der Waals surface area contributed by atoms with Crippen LogP contribution in [0.1, 0.15) is 12.5 Å². The zero-order valence-electron chi connectivity index (χ0n) is 9.61. The average molecular weight is 255 g/mol. The number of nitrogens with one attached hydrogen (secondary N) is 1. The fourth-order valence-electron chi connectivity index (χ4n) is 1.30. The molecule has 1 rings (SSSR count). The second-order valence-corrected chi connectivity index (χ2v) is 3.93. The average Bonchev–Trinajstić information content (AvgIpc) is 2.34. The Morgan fingerprint density at radius 3 is 3.00 bits per heavy atom. The first-order valence-electron chi connectivity index (χ1n) is 5.36. The molecule has 4 nitrogen and oxygen atoms in total. The summed E-state index contributed by atoms with van der Waals surface area (Å²) in [7, 11) is 0. The van der Waals surface area contributed by atoms with E-state index >= 15 is 0 Å². The summed E-state index contributed by atoms with van der Waals surface area (Å²) >= 11 is 5.84. The lowest BCUT2D eigenvalue weighted by molar-refractivity contribution is 0.0496. The molecule has 0 heterocycles. The van der Waals surface area contributed by atoms with Crippen molar-refractivity contribution in [2.75, 3.05) is 25.1 Å². The normalized spacial score (nSPS) is 11.9. The van der Waals surface area contributed by atoms with E-state index in [1.54, 1.807) is 18.2 Å². The molecule has 17 heavy (non-hydrogen) atoms. The minimum absolute atomic E-state index is 0.270. The lowest BCUT2D eigenvalue weighted by atomic mass is 10.2. The predicted molar refractivity (Wildman–Crippen MR) is 67.2 cm³/mol. The Kier molecular flexibility index (Phi) is 5.78. The van der Waals surface area contributed by atoms with Gasteiger partial charge in [-0.05, 0) is 25.1 Å². The summed E-state index contributed by atoms with van der Waals surface area (Å²) in [6.45, 7) is 3.02. The van der Waals surface area contributed by atoms with Crippen molar-refractivity contribution in [3.63, 3.8) is 0 Å². The topological polar surface area (TPSA) is 65.3 Å². The van der Waals surface area contributed by atoms with Gasteiger partial charge in [0.1, 0.15) is 6.07 Å². The van der Waals surface area contributed by atoms with Crippen molar-refractivity contribution in [1.29, 1.82) is 5.26 Å². The van der Waals surface area contributed by atoms with Crippen LogP contribution in [0.25, 0.3) is 0 Å². The summed E-state index contributed by atoms with van der Waals surface area (Å²) in [6.07, 6.45) is -0.611. The Hall–Kier alpha value is -1.28. The summed E-state index contributed by atoms with van der Waals surface area (Å²) < 4.78 is 5.08. The van der Waals surface area contributed by atoms with E-state index in [4.69, 9.17) is 21.6 Å². The van der Waals surface area contributed by atoms with Crippen molar-refractivity contribution in [2.45, 2.75) is 13.0 Å². The van der Waals surface area contributed by atoms with Gasteiger partial charge in [-0.2, -0.15) is 5.26 Å². The Morgan fingerprint density at radius 1 is 1.59 bits per heavy atom. The highest BCUT2D eigenvalue weighted by Gasteiger charge is 2.06. The van der Waals surface area contributed by atoms with E-state index in [1.807, 2.05) is 6.92 Å². The van der Waals surface area contributed by atoms with Crippen molar-refractivity contribution in [3.8, 4) is 6.07 Å². The number of halogens is 1. The van der Waals surface area contributed by atoms with Crippen LogP contribution in [0.2, 0.25) is 5.02 Å². The Morgan fingerprint density at radius 2 is 2.35 bits per heavy atom. The van der Waals surface area contributed by atoms with Crippen molar-refractivity contribution in [1.82, 2.24) is 0 Å². The van der Waals surface area contributed by atoms with Crippen LogP contribution in [0, 0.1) is 11.3 Å². The van der Waals surface area contributed by atoms with Crippen molar-refractivity contribution in [3.05, 3.63) is 28.8 Å². The van der Waals surface area contributed by atoms with Crippen molar-refractivity contribution < 1.29 is 9.84 Å². The number of aliphatic hydroxyl groups is 1. The molecule has 0 aliphatic rings. The summed E-state index contributed by atoms with van der Waals surface area (Å²) in [5.41, 5.74) is 1.12. The third-order valence-electron chi connectivity index (χ3n) is 2.14. The molecule has 0 amide bonds. The highest BCUT2D eigenvalue weighted by Crippen LogP contribution is 2.20. The van der Waals surface area contributed by atoms with Gasteiger partial charge >= 0.3 is 0 Å². The van der Waals surface area contributed by atoms with Gasteiger partial charge in [-0.15, -0.1) is 0 Å². The van der Waals surface area contributed by atoms with Crippen LogP contribution in [0.3, 0.4) is 0 Å². The number of anilines is 1. The fraction of sp³-hybridized carbons (Fsp3) is 0.417. The highest BCUT2D eigenvalue weighted by molar-refractivity contribution is 6.30. The molecular weight excluding hydrogens is 240 g/mol. The van der Waals surface area contributed by atoms with Crippen LogP contribution in [0.4, 0.5) is 5.69 Å². The number of aliphatic hydroxyl groups excluding tert-OH is 1. The van der Waals surface area contributed by atoms with Crippen LogP contribution in [0.15, 0.2) is 18.2 Å². The van der Waals surface area contributed by atoms with Gasteiger partial charge in [-0.1, -0.05) is 11.6 Å². The van der Waals surface area contributed by atoms with Crippen LogP contribution in [-0.2, 0) is 4.74 Å². The number of hydrogen-bond donors (Lipinski definition) is 2. The molecule has 0 radical (unpaired) electrons. The smallest absolute Gasteiger partial charge is 0.101 e. The molecule has 2 N–H and O–H groups in total. The van der Waals surface area contributed by atoms with Crippen LogP contribution >= 0.6 is 11.6 Å². The van der Waals surface area contributed by atoms with Gasteiger partial charge in [0.05, 0.1) is 24.0 Å².